The second-order valence-electron chi connectivity index (χ2n) is 12.1. The molecule has 10 heteroatoms. The first-order chi connectivity index (χ1) is 21.4. The van der Waals surface area contributed by atoms with Gasteiger partial charge in [-0.3, -0.25) is 9.69 Å². The lowest BCUT2D eigenvalue weighted by Crippen LogP contribution is -2.35. The fourth-order valence-electron chi connectivity index (χ4n) is 6.14. The molecule has 3 fully saturated rings. The van der Waals surface area contributed by atoms with Crippen molar-refractivity contribution < 1.29 is 28.6 Å². The zero-order chi connectivity index (χ0) is 30.2. The van der Waals surface area contributed by atoms with Crippen molar-refractivity contribution in [1.82, 2.24) is 19.4 Å². The molecular formula is C34H35FN4O5. The molecule has 1 aliphatic carbocycles. The van der Waals surface area contributed by atoms with Crippen LogP contribution in [-0.2, 0) is 24.4 Å². The Morgan fingerprint density at radius 2 is 1.77 bits per heavy atom. The number of aromatic carboxylic acids is 1. The number of pyridine rings is 1. The molecule has 4 heterocycles. The summed E-state index contributed by atoms with van der Waals surface area (Å²) < 4.78 is 28.4. The second-order valence-corrected chi connectivity index (χ2v) is 12.1. The molecule has 2 aliphatic heterocycles. The molecule has 2 aromatic carbocycles. The fourth-order valence-corrected chi connectivity index (χ4v) is 6.14. The fraction of sp³-hybridized carbons (Fsp3) is 0.412. The molecule has 0 spiro atoms. The molecule has 1 atom stereocenters. The second kappa shape index (κ2) is 12.1. The van der Waals surface area contributed by atoms with Gasteiger partial charge < -0.3 is 19.1 Å². The minimum atomic E-state index is -0.950. The van der Waals surface area contributed by atoms with E-state index in [4.69, 9.17) is 19.4 Å². The van der Waals surface area contributed by atoms with Gasteiger partial charge in [-0.1, -0.05) is 18.2 Å². The van der Waals surface area contributed by atoms with Crippen LogP contribution in [0.1, 0.15) is 75.8 Å². The Kier molecular flexibility index (Phi) is 7.86. The predicted octanol–water partition coefficient (Wildman–Crippen LogP) is 5.61. The molecule has 0 radical (unpaired) electrons. The average Bonchev–Trinajstić information content (AvgIpc) is 3.81. The molecule has 4 aromatic rings. The number of carbonyl (C=O) groups is 2. The molecule has 3 aliphatic rings. The Bertz CT molecular complexity index is 1710. The maximum Gasteiger partial charge on any atom is 0.335 e. The van der Waals surface area contributed by atoms with Gasteiger partial charge in [0.25, 0.3) is 0 Å². The van der Waals surface area contributed by atoms with Crippen molar-refractivity contribution in [3.05, 3.63) is 88.6 Å². The van der Waals surface area contributed by atoms with Gasteiger partial charge in [-0.2, -0.15) is 0 Å². The summed E-state index contributed by atoms with van der Waals surface area (Å²) in [6, 6.07) is 15.5. The van der Waals surface area contributed by atoms with Gasteiger partial charge in [-0.25, -0.2) is 19.2 Å². The summed E-state index contributed by atoms with van der Waals surface area (Å²) in [5, 5.41) is 9.51. The van der Waals surface area contributed by atoms with Crippen LogP contribution in [0.2, 0.25) is 0 Å². The third kappa shape index (κ3) is 6.09. The van der Waals surface area contributed by atoms with E-state index in [2.05, 4.69) is 9.47 Å². The number of likely N-dealkylation sites (tertiary alicyclic amines) is 1. The highest BCUT2D eigenvalue weighted by atomic mass is 19.1. The van der Waals surface area contributed by atoms with E-state index in [0.717, 1.165) is 74.4 Å². The summed E-state index contributed by atoms with van der Waals surface area (Å²) in [6.07, 6.45) is 4.75. The molecule has 228 valence electrons. The van der Waals surface area contributed by atoms with Crippen LogP contribution in [0, 0.1) is 11.7 Å². The number of ether oxygens (including phenoxy) is 2. The van der Waals surface area contributed by atoms with Crippen LogP contribution in [-0.4, -0.2) is 62.1 Å². The van der Waals surface area contributed by atoms with Crippen molar-refractivity contribution in [1.29, 1.82) is 0 Å². The molecule has 2 aromatic heterocycles. The molecule has 7 rings (SSSR count). The van der Waals surface area contributed by atoms with Crippen LogP contribution in [0.25, 0.3) is 11.0 Å². The van der Waals surface area contributed by atoms with Crippen molar-refractivity contribution in [2.45, 2.75) is 63.8 Å². The Hall–Kier alpha value is -4.15. The summed E-state index contributed by atoms with van der Waals surface area (Å²) in [5.41, 5.74) is 3.66. The van der Waals surface area contributed by atoms with Crippen molar-refractivity contribution in [3.8, 4) is 5.88 Å². The topological polar surface area (TPSA) is 107 Å². The van der Waals surface area contributed by atoms with Gasteiger partial charge in [-0.15, -0.1) is 0 Å². The number of piperidine rings is 1. The monoisotopic (exact) mass is 598 g/mol. The van der Waals surface area contributed by atoms with Crippen LogP contribution in [0.4, 0.5) is 4.39 Å². The van der Waals surface area contributed by atoms with E-state index in [9.17, 15) is 19.1 Å². The number of hydrogen-bond acceptors (Lipinski definition) is 7. The highest BCUT2D eigenvalue weighted by Crippen LogP contribution is 2.33. The quantitative estimate of drug-likeness (QED) is 0.222. The van der Waals surface area contributed by atoms with E-state index >= 15 is 0 Å². The van der Waals surface area contributed by atoms with Gasteiger partial charge in [0.05, 0.1) is 35.8 Å². The molecule has 1 N–H and O–H groups in total. The molecular weight excluding hydrogens is 563 g/mol. The highest BCUT2D eigenvalue weighted by molar-refractivity contribution is 5.99. The average molecular weight is 599 g/mol. The Morgan fingerprint density at radius 3 is 2.48 bits per heavy atom. The first-order valence-electron chi connectivity index (χ1n) is 15.4. The van der Waals surface area contributed by atoms with Crippen molar-refractivity contribution >= 4 is 22.8 Å². The first-order valence-corrected chi connectivity index (χ1v) is 15.4. The Labute approximate surface area is 254 Å². The Balaban J connectivity index is 0.979. The number of carboxylic acids is 1. The van der Waals surface area contributed by atoms with E-state index in [1.807, 2.05) is 12.1 Å². The van der Waals surface area contributed by atoms with E-state index < -0.39 is 11.8 Å². The maximum absolute atomic E-state index is 14.7. The number of aromatic nitrogens is 3. The highest BCUT2D eigenvalue weighted by Gasteiger charge is 2.31. The number of ketones is 1. The number of nitrogens with zero attached hydrogens (tertiary/aromatic N) is 4. The lowest BCUT2D eigenvalue weighted by Gasteiger charge is -2.32. The molecule has 1 saturated carbocycles. The zero-order valence-corrected chi connectivity index (χ0v) is 24.5. The summed E-state index contributed by atoms with van der Waals surface area (Å²) in [7, 11) is 0. The number of hydrogen-bond donors (Lipinski definition) is 1. The van der Waals surface area contributed by atoms with Crippen LogP contribution in [0.5, 0.6) is 5.88 Å². The Morgan fingerprint density at radius 1 is 0.977 bits per heavy atom. The molecule has 1 unspecified atom stereocenters. The molecule has 2 saturated heterocycles. The lowest BCUT2D eigenvalue weighted by atomic mass is 9.93. The van der Waals surface area contributed by atoms with E-state index in [1.165, 1.54) is 6.07 Å². The standard InChI is InChI=1S/C34H35FN4O5/c35-27-16-23(33(40)22-4-5-22)6-7-25(27)20-44-32-3-1-2-28(37-32)21-10-13-38(14-11-21)19-31-36-29-9-8-24(34(41)42)17-30(29)39(31)18-26-12-15-43-26/h1-3,6-9,16-17,21-22,26H,4-5,10-15,18-20H2,(H,41,42). The minimum Gasteiger partial charge on any atom is -0.478 e. The van der Waals surface area contributed by atoms with Gasteiger partial charge in [0.2, 0.25) is 5.88 Å². The smallest absolute Gasteiger partial charge is 0.335 e. The number of rotatable bonds is 11. The molecule has 0 bridgehead atoms. The SMILES string of the molecule is O=C(O)c1ccc2nc(CN3CCC(c4cccc(OCc5ccc(C(=O)C6CC6)cc5F)n4)CC3)n(CC3CCO3)c2c1. The number of carbonyl (C=O) groups excluding carboxylic acids is 1. The molecule has 9 nitrogen and oxygen atoms in total. The zero-order valence-electron chi connectivity index (χ0n) is 24.5. The van der Waals surface area contributed by atoms with Crippen molar-refractivity contribution in [2.75, 3.05) is 19.7 Å². The number of carboxylic acid groups (broad SMARTS) is 1. The van der Waals surface area contributed by atoms with Crippen molar-refractivity contribution in [3.63, 3.8) is 0 Å². The third-order valence-electron chi connectivity index (χ3n) is 9.03. The number of Topliss-reactive ketones (excluding diaryl/α,β-unsaturated/α-hetero) is 1. The number of benzene rings is 2. The largest absolute Gasteiger partial charge is 0.478 e. The van der Waals surface area contributed by atoms with Gasteiger partial charge in [-0.05, 0) is 75.5 Å². The normalized spacial score (nSPS) is 19.2. The van der Waals surface area contributed by atoms with E-state index in [1.54, 1.807) is 36.4 Å². The minimum absolute atomic E-state index is 0.0213. The molecule has 44 heavy (non-hydrogen) atoms. The van der Waals surface area contributed by atoms with E-state index in [-0.39, 0.29) is 35.9 Å². The predicted molar refractivity (Wildman–Crippen MR) is 160 cm³/mol. The van der Waals surface area contributed by atoms with Crippen LogP contribution < -0.4 is 4.74 Å². The van der Waals surface area contributed by atoms with Crippen LogP contribution in [0.3, 0.4) is 0 Å². The third-order valence-corrected chi connectivity index (χ3v) is 9.03. The van der Waals surface area contributed by atoms with Gasteiger partial charge in [0.1, 0.15) is 18.2 Å². The van der Waals surface area contributed by atoms with E-state index in [0.29, 0.717) is 30.1 Å². The lowest BCUT2D eigenvalue weighted by molar-refractivity contribution is -0.0592. The maximum atomic E-state index is 14.7. The summed E-state index contributed by atoms with van der Waals surface area (Å²) >= 11 is 0. The molecule has 0 amide bonds. The summed E-state index contributed by atoms with van der Waals surface area (Å²) in [6.45, 7) is 3.88. The number of fused-ring (bicyclic) bond motifs is 1. The summed E-state index contributed by atoms with van der Waals surface area (Å²) in [4.78, 5) is 35.9. The van der Waals surface area contributed by atoms with Crippen molar-refractivity contribution in [2.24, 2.45) is 5.92 Å². The van der Waals surface area contributed by atoms with Gasteiger partial charge in [0, 0.05) is 41.3 Å². The van der Waals surface area contributed by atoms with Crippen LogP contribution >= 0.6 is 0 Å². The number of imidazole rings is 1. The van der Waals surface area contributed by atoms with Gasteiger partial charge >= 0.3 is 5.97 Å². The van der Waals surface area contributed by atoms with Gasteiger partial charge in [0.15, 0.2) is 5.78 Å². The first kappa shape index (κ1) is 28.6. The van der Waals surface area contributed by atoms with Crippen LogP contribution in [0.15, 0.2) is 54.6 Å². The number of halogens is 1. The summed E-state index contributed by atoms with van der Waals surface area (Å²) in [5.74, 6) is 0.342.